The van der Waals surface area contributed by atoms with E-state index in [2.05, 4.69) is 62.3 Å². The van der Waals surface area contributed by atoms with E-state index < -0.39 is 16.6 Å². The molecular formula is C37H66N2O3Re4-4. The molecule has 1 aliphatic rings. The van der Waals surface area contributed by atoms with Gasteiger partial charge in [-0.05, 0) is 59.2 Å². The molecule has 1 aliphatic heterocycles. The summed E-state index contributed by atoms with van der Waals surface area (Å²) in [5, 5.41) is 9.29. The van der Waals surface area contributed by atoms with Crippen LogP contribution >= 0.6 is 0 Å². The number of rotatable bonds is 4. The van der Waals surface area contributed by atoms with Crippen molar-refractivity contribution in [1.82, 2.24) is 4.90 Å². The Hall–Kier alpha value is 0.929. The third-order valence-electron chi connectivity index (χ3n) is 9.44. The van der Waals surface area contributed by atoms with Crippen molar-refractivity contribution in [3.8, 4) is 0 Å². The summed E-state index contributed by atoms with van der Waals surface area (Å²) in [6.07, 6.45) is 0. The van der Waals surface area contributed by atoms with E-state index in [4.69, 9.17) is 5.73 Å². The minimum atomic E-state index is -0.674. The number of carbonyl (C=O) groups is 2. The largest absolute Gasteiger partial charge is 0.393 e. The molecule has 0 aromatic heterocycles. The third kappa shape index (κ3) is 17.7. The van der Waals surface area contributed by atoms with Gasteiger partial charge in [0.25, 0.3) is 11.8 Å². The molecule has 4 radical (unpaired) electrons. The molecule has 2 rings (SSSR count). The standard InChI is InChI=1S/C15H18NO2.C8H17.C7H16N.C7H15O.4Re/c1-14(2,3)15(4,5)16-12(17)10-8-6-7-9-11(10)13(16)18;1-7(2,3)8(4,5)6;2*1-6(2,3)7(4,5)8;;;;/h6-9H,1H2,2-5H3;1H2,2-6H3;1,8H2,2-5H3;8H,1H2,2-5H3;;;;/q4*-1;;;;. The maximum Gasteiger partial charge on any atom is 0.261 e. The fraction of sp³-hybridized carbons (Fsp3) is 0.676. The van der Waals surface area contributed by atoms with Gasteiger partial charge in [0.1, 0.15) is 0 Å². The summed E-state index contributed by atoms with van der Waals surface area (Å²) in [5.74, 6) is -0.449. The van der Waals surface area contributed by atoms with Crippen molar-refractivity contribution in [2.24, 2.45) is 32.8 Å². The number of amides is 2. The quantitative estimate of drug-likeness (QED) is 0.233. The van der Waals surface area contributed by atoms with Crippen molar-refractivity contribution in [2.75, 3.05) is 0 Å². The minimum absolute atomic E-state index is 0. The van der Waals surface area contributed by atoms with Gasteiger partial charge < -0.3 is 38.5 Å². The number of hydrogen-bond acceptors (Lipinski definition) is 4. The van der Waals surface area contributed by atoms with Crippen LogP contribution in [-0.2, 0) is 81.7 Å². The summed E-state index contributed by atoms with van der Waals surface area (Å²) >= 11 is 0. The van der Waals surface area contributed by atoms with Crippen LogP contribution in [0.3, 0.4) is 0 Å². The van der Waals surface area contributed by atoms with Crippen LogP contribution in [0.25, 0.3) is 0 Å². The second-order valence-corrected chi connectivity index (χ2v) is 17.1. The number of benzene rings is 1. The first kappa shape index (κ1) is 59.1. The average Bonchev–Trinajstić information content (AvgIpc) is 2.95. The van der Waals surface area contributed by atoms with E-state index in [1.165, 1.54) is 4.90 Å². The molecule has 274 valence electrons. The summed E-state index contributed by atoms with van der Waals surface area (Å²) in [4.78, 5) is 26.1. The summed E-state index contributed by atoms with van der Waals surface area (Å²) in [5.41, 5.74) is 5.03. The summed E-state index contributed by atoms with van der Waals surface area (Å²) in [6, 6.07) is 6.94. The van der Waals surface area contributed by atoms with E-state index in [9.17, 15) is 14.7 Å². The molecule has 3 N–H and O–H groups in total. The molecule has 1 heterocycles. The molecular weight excluding hydrogens is 1270 g/mol. The van der Waals surface area contributed by atoms with E-state index in [-0.39, 0.29) is 115 Å². The Morgan fingerprint density at radius 2 is 0.761 bits per heavy atom. The number of aliphatic hydroxyl groups is 1. The van der Waals surface area contributed by atoms with Gasteiger partial charge in [-0.15, -0.1) is 16.2 Å². The fourth-order valence-corrected chi connectivity index (χ4v) is 2.00. The summed E-state index contributed by atoms with van der Waals surface area (Å²) in [7, 11) is 0. The number of hydrogen-bond donors (Lipinski definition) is 2. The Balaban J connectivity index is -0.000000123. The molecule has 5 nitrogen and oxygen atoms in total. The van der Waals surface area contributed by atoms with Gasteiger partial charge in [0.05, 0.1) is 11.1 Å². The second kappa shape index (κ2) is 20.1. The number of nitrogens with two attached hydrogens (primary N) is 1. The van der Waals surface area contributed by atoms with Crippen LogP contribution < -0.4 is 5.73 Å². The first-order valence-corrected chi connectivity index (χ1v) is 14.8. The molecule has 1 aromatic carbocycles. The van der Waals surface area contributed by atoms with Gasteiger partial charge in [-0.2, -0.15) is 5.41 Å². The first-order chi connectivity index (χ1) is 17.9. The van der Waals surface area contributed by atoms with Crippen molar-refractivity contribution >= 4 is 11.8 Å². The number of fused-ring (bicyclic) bond motifs is 1. The van der Waals surface area contributed by atoms with E-state index in [1.807, 2.05) is 69.2 Å². The SMILES string of the molecule is [CH2-]C(C)(C)C(C)(C)C.[CH2-]C(C)(C)C(C)(C)N.[CH2-]C(C)(C)C(C)(C)N1C(=O)c2ccccc2C1=O.[CH2-]C(C)(C)C(C)(C)O.[Re].[Re].[Re].[Re]. The molecule has 0 unspecified atom stereocenters. The molecule has 1 aromatic rings. The zero-order valence-electron chi connectivity index (χ0n) is 31.9. The smallest absolute Gasteiger partial charge is 0.261 e. The van der Waals surface area contributed by atoms with Crippen LogP contribution in [0.5, 0.6) is 0 Å². The molecule has 0 atom stereocenters. The van der Waals surface area contributed by atoms with Crippen LogP contribution in [-0.4, -0.2) is 38.5 Å². The first-order valence-electron chi connectivity index (χ1n) is 14.8. The maximum absolute atomic E-state index is 12.4. The molecule has 0 fully saturated rings. The topological polar surface area (TPSA) is 83.6 Å². The predicted octanol–water partition coefficient (Wildman–Crippen LogP) is 9.01. The average molecular weight is 1330 g/mol. The predicted molar refractivity (Wildman–Crippen MR) is 182 cm³/mol. The fourth-order valence-electron chi connectivity index (χ4n) is 2.00. The molecule has 0 aliphatic carbocycles. The Bertz CT molecular complexity index is 910. The zero-order valence-corrected chi connectivity index (χ0v) is 42.8. The Morgan fingerprint density at radius 1 is 0.543 bits per heavy atom. The third-order valence-corrected chi connectivity index (χ3v) is 9.44. The van der Waals surface area contributed by atoms with Crippen molar-refractivity contribution < 1.29 is 96.4 Å². The van der Waals surface area contributed by atoms with Gasteiger partial charge in [-0.25, -0.2) is 0 Å². The van der Waals surface area contributed by atoms with Gasteiger partial charge in [0.15, 0.2) is 0 Å². The zero-order chi connectivity index (χ0) is 34.7. The van der Waals surface area contributed by atoms with Crippen LogP contribution in [0, 0.1) is 54.8 Å². The second-order valence-electron chi connectivity index (χ2n) is 17.1. The molecule has 2 amide bonds. The molecule has 46 heavy (non-hydrogen) atoms. The van der Waals surface area contributed by atoms with E-state index in [1.54, 1.807) is 38.1 Å². The van der Waals surface area contributed by atoms with Gasteiger partial charge in [-0.1, -0.05) is 93.7 Å². The van der Waals surface area contributed by atoms with Crippen molar-refractivity contribution in [2.45, 2.75) is 134 Å². The van der Waals surface area contributed by atoms with Gasteiger partial charge in [0, 0.05) is 92.8 Å². The van der Waals surface area contributed by atoms with Crippen LogP contribution in [0.1, 0.15) is 138 Å². The molecule has 9 heteroatoms. The van der Waals surface area contributed by atoms with Crippen LogP contribution in [0.2, 0.25) is 0 Å². The number of carbonyl (C=O) groups excluding carboxylic acids is 2. The number of imide groups is 1. The maximum atomic E-state index is 12.4. The number of nitrogens with zero attached hydrogens (tertiary/aromatic N) is 1. The van der Waals surface area contributed by atoms with Crippen LogP contribution in [0.15, 0.2) is 24.3 Å². The van der Waals surface area contributed by atoms with Gasteiger partial charge in [0.2, 0.25) is 0 Å². The van der Waals surface area contributed by atoms with Crippen molar-refractivity contribution in [1.29, 1.82) is 0 Å². The van der Waals surface area contributed by atoms with Gasteiger partial charge >= 0.3 is 0 Å². The van der Waals surface area contributed by atoms with E-state index in [0.29, 0.717) is 16.5 Å². The normalized spacial score (nSPS) is 13.8. The molecule has 0 saturated carbocycles. The van der Waals surface area contributed by atoms with Crippen LogP contribution in [0.4, 0.5) is 0 Å². The van der Waals surface area contributed by atoms with Gasteiger partial charge in [-0.3, -0.25) is 14.5 Å². The van der Waals surface area contributed by atoms with Crippen molar-refractivity contribution in [3.05, 3.63) is 63.1 Å². The summed E-state index contributed by atoms with van der Waals surface area (Å²) < 4.78 is 0. The van der Waals surface area contributed by atoms with E-state index >= 15 is 0 Å². The Morgan fingerprint density at radius 3 is 0.891 bits per heavy atom. The molecule has 0 spiro atoms. The van der Waals surface area contributed by atoms with Crippen molar-refractivity contribution in [3.63, 3.8) is 0 Å². The Kier molecular flexibility index (Phi) is 25.8. The Labute approximate surface area is 340 Å². The monoisotopic (exact) mass is 1330 g/mol. The summed E-state index contributed by atoms with van der Waals surface area (Å²) in [6.45, 7) is 49.8. The molecule has 0 bridgehead atoms. The van der Waals surface area contributed by atoms with E-state index in [0.717, 1.165) is 0 Å². The molecule has 0 saturated heterocycles. The minimum Gasteiger partial charge on any atom is -0.393 e.